The summed E-state index contributed by atoms with van der Waals surface area (Å²) in [4.78, 5) is 47.3. The molecule has 0 aliphatic carbocycles. The normalized spacial score (nSPS) is 11.5. The molecule has 4 aromatic carbocycles. The number of phenols is 2. The molecule has 0 unspecified atom stereocenters. The summed E-state index contributed by atoms with van der Waals surface area (Å²) >= 11 is 0. The van der Waals surface area contributed by atoms with E-state index in [4.69, 9.17) is 19.7 Å². The van der Waals surface area contributed by atoms with Crippen LogP contribution in [0.25, 0.3) is 12.2 Å². The van der Waals surface area contributed by atoms with E-state index in [0.29, 0.717) is 22.5 Å². The van der Waals surface area contributed by atoms with Crippen LogP contribution in [0.2, 0.25) is 0 Å². The average Bonchev–Trinajstić information content (AvgIpc) is 3.09. The Morgan fingerprint density at radius 2 is 0.959 bits per heavy atom. The van der Waals surface area contributed by atoms with Crippen molar-refractivity contribution in [2.24, 2.45) is 20.5 Å². The molecule has 0 spiro atoms. The summed E-state index contributed by atoms with van der Waals surface area (Å²) in [6.07, 6.45) is 4.75. The predicted molar refractivity (Wildman–Crippen MR) is 177 cm³/mol. The monoisotopic (exact) mass is 664 g/mol. The molecule has 0 heterocycles. The van der Waals surface area contributed by atoms with Crippen molar-refractivity contribution < 1.29 is 49.1 Å². The molecule has 0 fully saturated rings. The van der Waals surface area contributed by atoms with E-state index < -0.39 is 29.9 Å². The Labute approximate surface area is 278 Å². The van der Waals surface area contributed by atoms with Crippen LogP contribution < -0.4 is 9.47 Å². The van der Waals surface area contributed by atoms with E-state index in [-0.39, 0.29) is 45.5 Å². The van der Waals surface area contributed by atoms with Gasteiger partial charge in [-0.15, -0.1) is 10.2 Å². The first-order valence-electron chi connectivity index (χ1n) is 14.2. The van der Waals surface area contributed by atoms with E-state index >= 15 is 0 Å². The number of ketones is 2. The van der Waals surface area contributed by atoms with Crippen LogP contribution in [0.3, 0.4) is 0 Å². The van der Waals surface area contributed by atoms with Crippen molar-refractivity contribution in [1.82, 2.24) is 0 Å². The van der Waals surface area contributed by atoms with Gasteiger partial charge in [-0.3, -0.25) is 9.59 Å². The van der Waals surface area contributed by atoms with Gasteiger partial charge in [0.1, 0.15) is 11.4 Å². The van der Waals surface area contributed by atoms with E-state index in [9.17, 15) is 29.4 Å². The molecule has 0 saturated carbocycles. The summed E-state index contributed by atoms with van der Waals surface area (Å²) in [5, 5.41) is 55.1. The summed E-state index contributed by atoms with van der Waals surface area (Å²) in [7, 11) is 2.67. The molecular formula is C35H28N4O10. The number of carboxylic acid groups (broad SMARTS) is 2. The van der Waals surface area contributed by atoms with Gasteiger partial charge in [0.2, 0.25) is 0 Å². The Morgan fingerprint density at radius 3 is 1.29 bits per heavy atom. The van der Waals surface area contributed by atoms with E-state index in [2.05, 4.69) is 20.5 Å². The second-order valence-electron chi connectivity index (χ2n) is 10.1. The molecule has 4 aromatic rings. The fraction of sp³-hybridized carbons (Fsp3) is 0.0857. The molecular weight excluding hydrogens is 636 g/mol. The number of nitrogens with zero attached hydrogens (tertiary/aromatic N) is 4. The van der Waals surface area contributed by atoms with Crippen molar-refractivity contribution in [3.63, 3.8) is 0 Å². The van der Waals surface area contributed by atoms with Crippen LogP contribution in [0, 0.1) is 0 Å². The Hall–Kier alpha value is -6.96. The minimum absolute atomic E-state index is 0.0205. The van der Waals surface area contributed by atoms with Crippen molar-refractivity contribution in [1.29, 1.82) is 0 Å². The predicted octanol–water partition coefficient (Wildman–Crippen LogP) is 7.60. The number of carboxylic acids is 2. The Kier molecular flexibility index (Phi) is 11.4. The lowest BCUT2D eigenvalue weighted by Crippen LogP contribution is -2.01. The summed E-state index contributed by atoms with van der Waals surface area (Å²) in [5.74, 6) is -3.70. The lowest BCUT2D eigenvalue weighted by molar-refractivity contribution is -0.121. The zero-order valence-electron chi connectivity index (χ0n) is 26.0. The second-order valence-corrected chi connectivity index (χ2v) is 10.1. The number of azo groups is 2. The summed E-state index contributed by atoms with van der Waals surface area (Å²) < 4.78 is 10.4. The minimum Gasteiger partial charge on any atom is -0.503 e. The van der Waals surface area contributed by atoms with Gasteiger partial charge in [-0.1, -0.05) is 12.2 Å². The maximum absolute atomic E-state index is 12.6. The number of ether oxygens (including phenoxy) is 2. The minimum atomic E-state index is -1.09. The van der Waals surface area contributed by atoms with Crippen molar-refractivity contribution in [3.8, 4) is 23.0 Å². The Balaban J connectivity index is 1.44. The smallest absolute Gasteiger partial charge is 0.335 e. The zero-order chi connectivity index (χ0) is 35.5. The number of hydrogen-bond acceptors (Lipinski definition) is 12. The van der Waals surface area contributed by atoms with Gasteiger partial charge in [0.25, 0.3) is 0 Å². The van der Waals surface area contributed by atoms with Gasteiger partial charge >= 0.3 is 11.9 Å². The molecule has 0 radical (unpaired) electrons. The average molecular weight is 665 g/mol. The van der Waals surface area contributed by atoms with E-state index in [1.54, 1.807) is 0 Å². The lowest BCUT2D eigenvalue weighted by Gasteiger charge is -2.07. The fourth-order valence-corrected chi connectivity index (χ4v) is 4.12. The Morgan fingerprint density at radius 1 is 0.592 bits per heavy atom. The Bertz CT molecular complexity index is 1870. The number of hydrogen-bond donors (Lipinski definition) is 4. The molecule has 0 aliphatic heterocycles. The number of benzene rings is 4. The molecule has 0 amide bonds. The summed E-state index contributed by atoms with van der Waals surface area (Å²) in [6, 6.07) is 17.0. The molecule has 49 heavy (non-hydrogen) atoms. The largest absolute Gasteiger partial charge is 0.503 e. The number of aromatic hydroxyl groups is 2. The number of carbonyl (C=O) groups is 4. The van der Waals surface area contributed by atoms with E-state index in [0.717, 1.165) is 0 Å². The molecule has 4 rings (SSSR count). The molecule has 0 aromatic heterocycles. The molecule has 0 atom stereocenters. The third kappa shape index (κ3) is 9.52. The van der Waals surface area contributed by atoms with Gasteiger partial charge < -0.3 is 29.9 Å². The summed E-state index contributed by atoms with van der Waals surface area (Å²) in [5.41, 5.74) is 1.69. The standard InChI is InChI=1S/C35H28N4O10/c1-48-30-17-20(15-28(32(30)42)38-36-24-9-5-22(6-10-24)34(44)45)3-13-26(40)19-27(41)14-4-21-16-29(33(43)31(18-21)49-2)39-37-25-11-7-23(8-12-25)35(46)47/h3-18,42-43H,19H2,1-2H3,(H,44,45)(H,46,47)/b13-3+,14-4+,38-36?,39-37?. The highest BCUT2D eigenvalue weighted by Gasteiger charge is 2.13. The van der Waals surface area contributed by atoms with Gasteiger partial charge in [0, 0.05) is 0 Å². The van der Waals surface area contributed by atoms with Crippen LogP contribution in [-0.4, -0.2) is 58.2 Å². The van der Waals surface area contributed by atoms with Crippen LogP contribution in [0.15, 0.2) is 105 Å². The van der Waals surface area contributed by atoms with Crippen LogP contribution in [0.5, 0.6) is 23.0 Å². The maximum atomic E-state index is 12.6. The highest BCUT2D eigenvalue weighted by molar-refractivity contribution is 6.11. The number of phenolic OH excluding ortho intramolecular Hbond substituents is 2. The highest BCUT2D eigenvalue weighted by atomic mass is 16.5. The van der Waals surface area contributed by atoms with Gasteiger partial charge in [0.05, 0.1) is 43.1 Å². The highest BCUT2D eigenvalue weighted by Crippen LogP contribution is 2.40. The number of carbonyl (C=O) groups excluding carboxylic acids is 2. The number of allylic oxidation sites excluding steroid dienone is 2. The third-order valence-electron chi connectivity index (χ3n) is 6.64. The van der Waals surface area contributed by atoms with E-state index in [1.165, 1.54) is 111 Å². The summed E-state index contributed by atoms with van der Waals surface area (Å²) in [6.45, 7) is 0. The van der Waals surface area contributed by atoms with Crippen molar-refractivity contribution in [2.75, 3.05) is 14.2 Å². The molecule has 4 N–H and O–H groups in total. The zero-order valence-corrected chi connectivity index (χ0v) is 26.0. The molecule has 0 saturated heterocycles. The van der Waals surface area contributed by atoms with Crippen LogP contribution in [0.1, 0.15) is 38.3 Å². The van der Waals surface area contributed by atoms with Crippen molar-refractivity contribution >= 4 is 58.4 Å². The number of aromatic carboxylic acids is 2. The maximum Gasteiger partial charge on any atom is 0.335 e. The molecule has 14 heteroatoms. The van der Waals surface area contributed by atoms with Gasteiger partial charge in [-0.2, -0.15) is 10.2 Å². The first kappa shape index (κ1) is 34.9. The van der Waals surface area contributed by atoms with Crippen molar-refractivity contribution in [2.45, 2.75) is 6.42 Å². The third-order valence-corrected chi connectivity index (χ3v) is 6.64. The van der Waals surface area contributed by atoms with E-state index in [1.807, 2.05) is 0 Å². The SMILES string of the molecule is COc1cc(/C=C/C(=O)CC(=O)/C=C/c2cc(N=Nc3ccc(C(=O)O)cc3)c(O)c(OC)c2)cc(N=Nc2ccc(C(=O)O)cc2)c1O. The van der Waals surface area contributed by atoms with Crippen LogP contribution >= 0.6 is 0 Å². The fourth-order valence-electron chi connectivity index (χ4n) is 4.12. The van der Waals surface area contributed by atoms with Crippen LogP contribution in [0.4, 0.5) is 22.7 Å². The molecule has 0 bridgehead atoms. The first-order chi connectivity index (χ1) is 23.5. The topological polar surface area (TPSA) is 217 Å². The second kappa shape index (κ2) is 16.0. The van der Waals surface area contributed by atoms with Crippen molar-refractivity contribution in [3.05, 3.63) is 107 Å². The molecule has 248 valence electrons. The van der Waals surface area contributed by atoms with Crippen LogP contribution in [-0.2, 0) is 9.59 Å². The molecule has 0 aliphatic rings. The molecule has 14 nitrogen and oxygen atoms in total. The number of methoxy groups -OCH3 is 2. The first-order valence-corrected chi connectivity index (χ1v) is 14.2. The number of rotatable bonds is 14. The quantitative estimate of drug-likeness (QED) is 0.0587. The van der Waals surface area contributed by atoms with Gasteiger partial charge in [-0.05, 0) is 96.1 Å². The van der Waals surface area contributed by atoms with Gasteiger partial charge in [-0.25, -0.2) is 9.59 Å². The van der Waals surface area contributed by atoms with Gasteiger partial charge in [0.15, 0.2) is 34.6 Å². The lowest BCUT2D eigenvalue weighted by atomic mass is 10.1.